The maximum Gasteiger partial charge on any atom is 0.240 e. The Balaban J connectivity index is 1.68. The number of rotatable bonds is 3. The summed E-state index contributed by atoms with van der Waals surface area (Å²) in [6.45, 7) is 2.48. The molecule has 1 N–H and O–H groups in total. The van der Waals surface area contributed by atoms with Gasteiger partial charge in [-0.25, -0.2) is 0 Å². The number of anilines is 1. The van der Waals surface area contributed by atoms with E-state index in [0.29, 0.717) is 12.6 Å². The fourth-order valence-electron chi connectivity index (χ4n) is 3.75. The zero-order valence-electron chi connectivity index (χ0n) is 13.1. The van der Waals surface area contributed by atoms with Gasteiger partial charge in [0.2, 0.25) is 5.91 Å². The van der Waals surface area contributed by atoms with Gasteiger partial charge in [0.25, 0.3) is 0 Å². The Morgan fingerprint density at radius 1 is 1.36 bits per heavy atom. The van der Waals surface area contributed by atoms with Gasteiger partial charge in [0.15, 0.2) is 0 Å². The molecule has 0 radical (unpaired) electrons. The van der Waals surface area contributed by atoms with Crippen LogP contribution in [0.4, 0.5) is 5.69 Å². The Kier molecular flexibility index (Phi) is 4.06. The summed E-state index contributed by atoms with van der Waals surface area (Å²) in [6.07, 6.45) is 5.75. The van der Waals surface area contributed by atoms with Crippen LogP contribution in [-0.4, -0.2) is 24.0 Å². The van der Waals surface area contributed by atoms with Gasteiger partial charge in [-0.1, -0.05) is 37.5 Å². The molecule has 4 heteroatoms. The lowest BCUT2D eigenvalue weighted by Gasteiger charge is -2.33. The van der Waals surface area contributed by atoms with Crippen LogP contribution in [0.2, 0.25) is 0 Å². The summed E-state index contributed by atoms with van der Waals surface area (Å²) >= 11 is 0. The van der Waals surface area contributed by atoms with E-state index in [4.69, 9.17) is 0 Å². The van der Waals surface area contributed by atoms with Crippen molar-refractivity contribution < 1.29 is 4.79 Å². The Morgan fingerprint density at radius 3 is 2.82 bits per heavy atom. The van der Waals surface area contributed by atoms with E-state index in [0.717, 1.165) is 44.2 Å². The highest BCUT2D eigenvalue weighted by Crippen LogP contribution is 2.32. The second-order valence-corrected chi connectivity index (χ2v) is 6.61. The van der Waals surface area contributed by atoms with Crippen molar-refractivity contribution in [2.24, 2.45) is 0 Å². The first-order valence-electron chi connectivity index (χ1n) is 8.20. The SMILES string of the molecule is CC1Cc2ccccc2N1CC(=O)NC1(C#N)CCCCC1. The van der Waals surface area contributed by atoms with Crippen molar-refractivity contribution in [3.63, 3.8) is 0 Å². The molecular formula is C18H23N3O. The summed E-state index contributed by atoms with van der Waals surface area (Å²) in [5.41, 5.74) is 1.81. The number of benzene rings is 1. The fraction of sp³-hybridized carbons (Fsp3) is 0.556. The first-order valence-corrected chi connectivity index (χ1v) is 8.20. The van der Waals surface area contributed by atoms with Crippen LogP contribution in [0, 0.1) is 11.3 Å². The predicted octanol–water partition coefficient (Wildman–Crippen LogP) is 2.78. The van der Waals surface area contributed by atoms with Gasteiger partial charge < -0.3 is 10.2 Å². The van der Waals surface area contributed by atoms with Crippen LogP contribution in [-0.2, 0) is 11.2 Å². The van der Waals surface area contributed by atoms with E-state index >= 15 is 0 Å². The number of nitrogens with zero attached hydrogens (tertiary/aromatic N) is 2. The largest absolute Gasteiger partial charge is 0.359 e. The average molecular weight is 297 g/mol. The van der Waals surface area contributed by atoms with E-state index in [1.54, 1.807) is 0 Å². The third-order valence-corrected chi connectivity index (χ3v) is 4.96. The van der Waals surface area contributed by atoms with Gasteiger partial charge in [0.1, 0.15) is 5.54 Å². The van der Waals surface area contributed by atoms with Crippen LogP contribution in [0.15, 0.2) is 24.3 Å². The molecule has 0 aromatic heterocycles. The molecule has 1 amide bonds. The van der Waals surface area contributed by atoms with Crippen molar-refractivity contribution in [2.75, 3.05) is 11.4 Å². The van der Waals surface area contributed by atoms with E-state index in [-0.39, 0.29) is 5.91 Å². The number of carbonyl (C=O) groups excluding carboxylic acids is 1. The number of hydrogen-bond donors (Lipinski definition) is 1. The molecule has 2 aliphatic rings. The Hall–Kier alpha value is -2.02. The molecule has 1 saturated carbocycles. The van der Waals surface area contributed by atoms with Crippen molar-refractivity contribution in [3.8, 4) is 6.07 Å². The second-order valence-electron chi connectivity index (χ2n) is 6.61. The van der Waals surface area contributed by atoms with Crippen LogP contribution < -0.4 is 10.2 Å². The normalized spacial score (nSPS) is 22.7. The first kappa shape index (κ1) is 14.9. The molecule has 0 saturated heterocycles. The lowest BCUT2D eigenvalue weighted by molar-refractivity contribution is -0.121. The van der Waals surface area contributed by atoms with Gasteiger partial charge in [-0.3, -0.25) is 4.79 Å². The van der Waals surface area contributed by atoms with Crippen molar-refractivity contribution in [2.45, 2.75) is 57.0 Å². The van der Waals surface area contributed by atoms with E-state index in [2.05, 4.69) is 35.3 Å². The molecule has 1 unspecified atom stereocenters. The van der Waals surface area contributed by atoms with Gasteiger partial charge >= 0.3 is 0 Å². The standard InChI is InChI=1S/C18H23N3O/c1-14-11-15-7-3-4-8-16(15)21(14)12-17(22)20-18(13-19)9-5-2-6-10-18/h3-4,7-8,14H,2,5-6,9-12H2,1H3,(H,20,22). The molecule has 0 spiro atoms. The quantitative estimate of drug-likeness (QED) is 0.933. The van der Waals surface area contributed by atoms with E-state index in [1.807, 2.05) is 12.1 Å². The summed E-state index contributed by atoms with van der Waals surface area (Å²) in [4.78, 5) is 14.6. The number of nitriles is 1. The number of hydrogen-bond acceptors (Lipinski definition) is 3. The van der Waals surface area contributed by atoms with Crippen molar-refractivity contribution in [1.29, 1.82) is 5.26 Å². The van der Waals surface area contributed by atoms with Gasteiger partial charge in [-0.05, 0) is 37.8 Å². The number of amides is 1. The van der Waals surface area contributed by atoms with Gasteiger partial charge in [-0.15, -0.1) is 0 Å². The zero-order valence-corrected chi connectivity index (χ0v) is 13.1. The highest BCUT2D eigenvalue weighted by atomic mass is 16.2. The number of para-hydroxylation sites is 1. The lowest BCUT2D eigenvalue weighted by Crippen LogP contribution is -2.52. The number of fused-ring (bicyclic) bond motifs is 1. The molecular weight excluding hydrogens is 274 g/mol. The summed E-state index contributed by atoms with van der Waals surface area (Å²) in [6, 6.07) is 10.9. The Labute approximate surface area is 132 Å². The van der Waals surface area contributed by atoms with Gasteiger partial charge in [0, 0.05) is 11.7 Å². The van der Waals surface area contributed by atoms with E-state index in [1.165, 1.54) is 5.56 Å². The summed E-state index contributed by atoms with van der Waals surface area (Å²) in [7, 11) is 0. The first-order chi connectivity index (χ1) is 10.6. The molecule has 1 aliphatic heterocycles. The molecule has 1 aromatic carbocycles. The maximum atomic E-state index is 12.5. The van der Waals surface area contributed by atoms with Crippen LogP contribution >= 0.6 is 0 Å². The van der Waals surface area contributed by atoms with E-state index < -0.39 is 5.54 Å². The fourth-order valence-corrected chi connectivity index (χ4v) is 3.75. The van der Waals surface area contributed by atoms with Crippen molar-refractivity contribution >= 4 is 11.6 Å². The van der Waals surface area contributed by atoms with Crippen molar-refractivity contribution in [1.82, 2.24) is 5.32 Å². The smallest absolute Gasteiger partial charge is 0.240 e. The van der Waals surface area contributed by atoms with Crippen LogP contribution in [0.3, 0.4) is 0 Å². The Morgan fingerprint density at radius 2 is 2.09 bits per heavy atom. The Bertz CT molecular complexity index is 599. The topological polar surface area (TPSA) is 56.1 Å². The minimum atomic E-state index is -0.641. The second kappa shape index (κ2) is 6.00. The van der Waals surface area contributed by atoms with Crippen molar-refractivity contribution in [3.05, 3.63) is 29.8 Å². The lowest BCUT2D eigenvalue weighted by atomic mass is 9.83. The number of nitrogens with one attached hydrogen (secondary N) is 1. The molecule has 1 fully saturated rings. The molecule has 1 aromatic rings. The monoisotopic (exact) mass is 297 g/mol. The summed E-state index contributed by atoms with van der Waals surface area (Å²) in [5.74, 6) is -0.0352. The molecule has 116 valence electrons. The predicted molar refractivity (Wildman–Crippen MR) is 86.5 cm³/mol. The van der Waals surface area contributed by atoms with Crippen LogP contribution in [0.5, 0.6) is 0 Å². The molecule has 22 heavy (non-hydrogen) atoms. The summed E-state index contributed by atoms with van der Waals surface area (Å²) in [5, 5.41) is 12.5. The minimum absolute atomic E-state index is 0.0352. The molecule has 1 atom stereocenters. The average Bonchev–Trinajstić information content (AvgIpc) is 2.84. The maximum absolute atomic E-state index is 12.5. The minimum Gasteiger partial charge on any atom is -0.359 e. The van der Waals surface area contributed by atoms with Crippen LogP contribution in [0.1, 0.15) is 44.6 Å². The molecule has 3 rings (SSSR count). The van der Waals surface area contributed by atoms with Gasteiger partial charge in [0.05, 0.1) is 12.6 Å². The molecule has 4 nitrogen and oxygen atoms in total. The number of carbonyl (C=O) groups is 1. The van der Waals surface area contributed by atoms with Gasteiger partial charge in [-0.2, -0.15) is 5.26 Å². The highest BCUT2D eigenvalue weighted by molar-refractivity contribution is 5.83. The van der Waals surface area contributed by atoms with Crippen LogP contribution in [0.25, 0.3) is 0 Å². The third-order valence-electron chi connectivity index (χ3n) is 4.96. The molecule has 0 bridgehead atoms. The highest BCUT2D eigenvalue weighted by Gasteiger charge is 2.35. The molecule has 1 aliphatic carbocycles. The third kappa shape index (κ3) is 2.81. The zero-order chi connectivity index (χ0) is 15.6. The molecule has 1 heterocycles. The van der Waals surface area contributed by atoms with E-state index in [9.17, 15) is 10.1 Å². The summed E-state index contributed by atoms with van der Waals surface area (Å²) < 4.78 is 0.